The highest BCUT2D eigenvalue weighted by Gasteiger charge is 2.32. The van der Waals surface area contributed by atoms with Crippen LogP contribution in [0.1, 0.15) is 45.8 Å². The van der Waals surface area contributed by atoms with Crippen LogP contribution in [0, 0.1) is 13.8 Å². The molecule has 0 atom stereocenters. The van der Waals surface area contributed by atoms with Crippen LogP contribution in [-0.2, 0) is 9.47 Å². The molecule has 0 saturated carbocycles. The van der Waals surface area contributed by atoms with Gasteiger partial charge in [-0.25, -0.2) is 4.79 Å². The molecule has 0 aliphatic carbocycles. The number of carbonyl (C=O) groups is 2. The molecule has 0 radical (unpaired) electrons. The molecule has 1 aromatic heterocycles. The number of amides is 1. The van der Waals surface area contributed by atoms with Crippen molar-refractivity contribution in [3.63, 3.8) is 0 Å². The van der Waals surface area contributed by atoms with Crippen molar-refractivity contribution in [2.75, 3.05) is 38.0 Å². The summed E-state index contributed by atoms with van der Waals surface area (Å²) in [4.78, 5) is 33.1. The van der Waals surface area contributed by atoms with Crippen molar-refractivity contribution < 1.29 is 19.1 Å². The minimum absolute atomic E-state index is 0.121. The van der Waals surface area contributed by atoms with Crippen LogP contribution in [0.3, 0.4) is 0 Å². The van der Waals surface area contributed by atoms with Crippen molar-refractivity contribution in [3.05, 3.63) is 70.9 Å². The first-order chi connectivity index (χ1) is 16.0. The number of esters is 1. The molecule has 0 saturated heterocycles. The highest BCUT2D eigenvalue weighted by molar-refractivity contribution is 6.08. The predicted molar refractivity (Wildman–Crippen MR) is 133 cm³/mol. The lowest BCUT2D eigenvalue weighted by molar-refractivity contribution is -0.0370. The summed E-state index contributed by atoms with van der Waals surface area (Å²) < 4.78 is 12.7. The molecule has 1 amide bonds. The first kappa shape index (κ1) is 25.0. The topological polar surface area (TPSA) is 85.7 Å². The molecule has 2 aromatic carbocycles. The molecule has 0 spiro atoms. The maximum absolute atomic E-state index is 13.5. The molecule has 3 rings (SSSR count). The van der Waals surface area contributed by atoms with Gasteiger partial charge in [0.2, 0.25) is 5.95 Å². The van der Waals surface area contributed by atoms with E-state index in [-0.39, 0.29) is 24.0 Å². The third-order valence-electron chi connectivity index (χ3n) is 5.19. The van der Waals surface area contributed by atoms with Gasteiger partial charge in [-0.05, 0) is 51.5 Å². The lowest BCUT2D eigenvalue weighted by Gasteiger charge is -2.25. The van der Waals surface area contributed by atoms with Gasteiger partial charge in [-0.2, -0.15) is 4.98 Å². The minimum atomic E-state index is -0.884. The fourth-order valence-corrected chi connectivity index (χ4v) is 3.73. The van der Waals surface area contributed by atoms with Crippen molar-refractivity contribution in [1.29, 1.82) is 0 Å². The number of para-hydroxylation sites is 1. The molecule has 0 bridgehead atoms. The van der Waals surface area contributed by atoms with Crippen LogP contribution in [0.2, 0.25) is 0 Å². The lowest BCUT2D eigenvalue weighted by atomic mass is 10.1. The molecule has 0 fully saturated rings. The van der Waals surface area contributed by atoms with E-state index in [4.69, 9.17) is 9.47 Å². The summed E-state index contributed by atoms with van der Waals surface area (Å²) in [5, 5.41) is 2.84. The maximum atomic E-state index is 13.5. The first-order valence-corrected chi connectivity index (χ1v) is 11.0. The Labute approximate surface area is 200 Å². The fraction of sp³-hybridized carbons (Fsp3) is 0.346. The molecule has 0 unspecified atom stereocenters. The summed E-state index contributed by atoms with van der Waals surface area (Å²) in [7, 11) is 5.19. The van der Waals surface area contributed by atoms with E-state index in [0.29, 0.717) is 17.2 Å². The summed E-state index contributed by atoms with van der Waals surface area (Å²) >= 11 is 0. The van der Waals surface area contributed by atoms with E-state index >= 15 is 0 Å². The Morgan fingerprint density at radius 2 is 1.76 bits per heavy atom. The molecule has 1 N–H and O–H groups in total. The van der Waals surface area contributed by atoms with Gasteiger partial charge >= 0.3 is 5.97 Å². The maximum Gasteiger partial charge on any atom is 0.359 e. The largest absolute Gasteiger partial charge is 0.452 e. The second-order valence-corrected chi connectivity index (χ2v) is 9.03. The number of imidazole rings is 1. The summed E-state index contributed by atoms with van der Waals surface area (Å²) in [5.41, 5.74) is 2.34. The van der Waals surface area contributed by atoms with Crippen molar-refractivity contribution in [3.8, 4) is 5.69 Å². The van der Waals surface area contributed by atoms with E-state index in [0.717, 1.165) is 11.1 Å². The summed E-state index contributed by atoms with van der Waals surface area (Å²) in [6.45, 7) is 7.58. The quantitative estimate of drug-likeness (QED) is 0.498. The van der Waals surface area contributed by atoms with Gasteiger partial charge in [0.1, 0.15) is 5.60 Å². The number of ether oxygens (including phenoxy) is 2. The van der Waals surface area contributed by atoms with Crippen LogP contribution in [0.25, 0.3) is 5.69 Å². The number of nitrogens with one attached hydrogen (secondary N) is 1. The number of hydrogen-bond acceptors (Lipinski definition) is 6. The van der Waals surface area contributed by atoms with Crippen LogP contribution in [0.4, 0.5) is 11.8 Å². The van der Waals surface area contributed by atoms with E-state index in [2.05, 4.69) is 10.3 Å². The van der Waals surface area contributed by atoms with Gasteiger partial charge in [0.15, 0.2) is 11.5 Å². The van der Waals surface area contributed by atoms with Crippen molar-refractivity contribution in [2.45, 2.75) is 33.3 Å². The Bertz CT molecular complexity index is 1180. The fourth-order valence-electron chi connectivity index (χ4n) is 3.73. The number of carbonyl (C=O) groups excluding carboxylic acids is 2. The Morgan fingerprint density at radius 3 is 2.35 bits per heavy atom. The molecule has 0 aliphatic rings. The first-order valence-electron chi connectivity index (χ1n) is 11.0. The van der Waals surface area contributed by atoms with E-state index in [1.54, 1.807) is 36.5 Å². The average molecular weight is 465 g/mol. The number of hydrogen-bond donors (Lipinski definition) is 1. The number of aromatic nitrogens is 2. The van der Waals surface area contributed by atoms with E-state index < -0.39 is 11.6 Å². The highest BCUT2D eigenvalue weighted by Crippen LogP contribution is 2.30. The molecule has 1 heterocycles. The van der Waals surface area contributed by atoms with Gasteiger partial charge in [0.25, 0.3) is 5.91 Å². The second-order valence-electron chi connectivity index (χ2n) is 9.03. The van der Waals surface area contributed by atoms with Crippen LogP contribution < -0.4 is 10.2 Å². The Kier molecular flexibility index (Phi) is 7.41. The summed E-state index contributed by atoms with van der Waals surface area (Å²) in [6.07, 6.45) is 0. The molecule has 0 aliphatic heterocycles. The molecule has 34 heavy (non-hydrogen) atoms. The third-order valence-corrected chi connectivity index (χ3v) is 5.19. The average Bonchev–Trinajstić information content (AvgIpc) is 3.13. The monoisotopic (exact) mass is 464 g/mol. The second kappa shape index (κ2) is 10.1. The highest BCUT2D eigenvalue weighted by atomic mass is 16.6. The van der Waals surface area contributed by atoms with Gasteiger partial charge in [-0.1, -0.05) is 35.9 Å². The standard InChI is InChI=1S/C26H32N4O4/c1-17-13-14-20(18(2)15-17)23(31)27-22-21(24(32)34-26(3,4)16-33-7)30(25(28-22)29(5)6)19-11-9-8-10-12-19/h8-15H,16H2,1-7H3,(H,27,31). The van der Waals surface area contributed by atoms with Crippen LogP contribution in [0.15, 0.2) is 48.5 Å². The summed E-state index contributed by atoms with van der Waals surface area (Å²) in [5.74, 6) is -0.387. The number of rotatable bonds is 8. The van der Waals surface area contributed by atoms with Gasteiger partial charge in [0.05, 0.1) is 6.61 Å². The van der Waals surface area contributed by atoms with Crippen molar-refractivity contribution in [2.24, 2.45) is 0 Å². The third kappa shape index (κ3) is 5.46. The normalized spacial score (nSPS) is 11.3. The van der Waals surface area contributed by atoms with E-state index in [1.165, 1.54) is 0 Å². The number of nitrogens with zero attached hydrogens (tertiary/aromatic N) is 3. The van der Waals surface area contributed by atoms with Gasteiger partial charge in [-0.3, -0.25) is 9.36 Å². The lowest BCUT2D eigenvalue weighted by Crippen LogP contribution is -2.34. The molecule has 3 aromatic rings. The number of benzene rings is 2. The van der Waals surface area contributed by atoms with Gasteiger partial charge in [0, 0.05) is 32.5 Å². The zero-order valence-electron chi connectivity index (χ0n) is 20.8. The van der Waals surface area contributed by atoms with Gasteiger partial charge in [-0.15, -0.1) is 0 Å². The molecule has 8 heteroatoms. The zero-order chi connectivity index (χ0) is 25.0. The Morgan fingerprint density at radius 1 is 1.09 bits per heavy atom. The minimum Gasteiger partial charge on any atom is -0.452 e. The molecule has 8 nitrogen and oxygen atoms in total. The van der Waals surface area contributed by atoms with Crippen molar-refractivity contribution in [1.82, 2.24) is 9.55 Å². The SMILES string of the molecule is COCC(C)(C)OC(=O)c1c(NC(=O)c2ccc(C)cc2C)nc(N(C)C)n1-c1ccccc1. The number of methoxy groups -OCH3 is 1. The van der Waals surface area contributed by atoms with Crippen molar-refractivity contribution >= 4 is 23.6 Å². The number of anilines is 2. The number of aryl methyl sites for hydroxylation is 2. The van der Waals surface area contributed by atoms with Gasteiger partial charge < -0.3 is 19.7 Å². The smallest absolute Gasteiger partial charge is 0.359 e. The Hall–Kier alpha value is -3.65. The molecular weight excluding hydrogens is 432 g/mol. The van der Waals surface area contributed by atoms with E-state index in [1.807, 2.05) is 70.4 Å². The van der Waals surface area contributed by atoms with Crippen LogP contribution in [0.5, 0.6) is 0 Å². The Balaban J connectivity index is 2.14. The molecule has 180 valence electrons. The van der Waals surface area contributed by atoms with Crippen LogP contribution in [-0.4, -0.2) is 54.8 Å². The van der Waals surface area contributed by atoms with Crippen LogP contribution >= 0.6 is 0 Å². The van der Waals surface area contributed by atoms with E-state index in [9.17, 15) is 9.59 Å². The summed E-state index contributed by atoms with van der Waals surface area (Å²) in [6, 6.07) is 14.9. The predicted octanol–water partition coefficient (Wildman–Crippen LogP) is 4.39. The zero-order valence-corrected chi connectivity index (χ0v) is 20.8. The molecular formula is C26H32N4O4.